The first kappa shape index (κ1) is 22.7. The summed E-state index contributed by atoms with van der Waals surface area (Å²) in [5.41, 5.74) is 2.11. The van der Waals surface area contributed by atoms with Gasteiger partial charge in [-0.2, -0.15) is 0 Å². The topological polar surface area (TPSA) is 68.7 Å². The first-order valence-corrected chi connectivity index (χ1v) is 11.0. The molecule has 0 N–H and O–H groups in total. The fourth-order valence-corrected chi connectivity index (χ4v) is 4.04. The number of methoxy groups -OCH3 is 1. The number of carbonyl (C=O) groups excluding carboxylic acids is 2. The summed E-state index contributed by atoms with van der Waals surface area (Å²) in [6.45, 7) is 3.16. The molecule has 0 fully saturated rings. The average molecular weight is 439 g/mol. The van der Waals surface area contributed by atoms with Crippen molar-refractivity contribution in [3.63, 3.8) is 0 Å². The van der Waals surface area contributed by atoms with Gasteiger partial charge in [-0.3, -0.25) is 4.79 Å². The number of hydrogen-bond acceptors (Lipinski definition) is 6. The summed E-state index contributed by atoms with van der Waals surface area (Å²) in [5.74, 6) is -0.933. The van der Waals surface area contributed by atoms with Crippen LogP contribution in [0.5, 0.6) is 0 Å². The fraction of sp³-hybridized carbons (Fsp3) is 0.292. The molecule has 0 radical (unpaired) electrons. The van der Waals surface area contributed by atoms with Crippen LogP contribution < -0.4 is 0 Å². The van der Waals surface area contributed by atoms with Crippen molar-refractivity contribution in [1.29, 1.82) is 0 Å². The maximum Gasteiger partial charge on any atom is 0.357 e. The number of rotatable bonds is 10. The predicted octanol–water partition coefficient (Wildman–Crippen LogP) is 4.13. The number of ether oxygens (including phenoxy) is 2. The maximum absolute atomic E-state index is 13.8. The van der Waals surface area contributed by atoms with Crippen LogP contribution in [0.4, 0.5) is 0 Å². The van der Waals surface area contributed by atoms with Crippen LogP contribution in [0.15, 0.2) is 66.0 Å². The third-order valence-corrected chi connectivity index (χ3v) is 5.59. The number of carbonyl (C=O) groups is 2. The minimum absolute atomic E-state index is 0.0395. The highest BCUT2D eigenvalue weighted by atomic mass is 32.1. The highest BCUT2D eigenvalue weighted by Crippen LogP contribution is 2.28. The number of benzene rings is 2. The molecule has 162 valence electrons. The molecule has 0 aliphatic heterocycles. The van der Waals surface area contributed by atoms with Crippen LogP contribution in [0.25, 0.3) is 0 Å². The fourth-order valence-electron chi connectivity index (χ4n) is 3.27. The van der Waals surface area contributed by atoms with E-state index in [1.807, 2.05) is 60.7 Å². The van der Waals surface area contributed by atoms with E-state index in [2.05, 4.69) is 4.98 Å². The van der Waals surface area contributed by atoms with Gasteiger partial charge in [0.15, 0.2) is 5.69 Å². The molecule has 0 saturated carbocycles. The van der Waals surface area contributed by atoms with Gasteiger partial charge in [0.1, 0.15) is 5.01 Å². The van der Waals surface area contributed by atoms with Gasteiger partial charge >= 0.3 is 5.97 Å². The molecule has 0 bridgehead atoms. The minimum Gasteiger partial charge on any atom is -0.461 e. The minimum atomic E-state index is -0.453. The second-order valence-corrected chi connectivity index (χ2v) is 7.80. The molecule has 6 nitrogen and oxygen atoms in total. The van der Waals surface area contributed by atoms with Crippen molar-refractivity contribution in [3.05, 3.63) is 87.9 Å². The zero-order valence-electron chi connectivity index (χ0n) is 17.7. The highest BCUT2D eigenvalue weighted by Gasteiger charge is 2.28. The summed E-state index contributed by atoms with van der Waals surface area (Å²) in [5, 5.41) is 2.34. The molecule has 0 saturated heterocycles. The number of esters is 1. The van der Waals surface area contributed by atoms with E-state index in [0.29, 0.717) is 31.3 Å². The van der Waals surface area contributed by atoms with Crippen molar-refractivity contribution in [1.82, 2.24) is 9.88 Å². The van der Waals surface area contributed by atoms with Crippen LogP contribution in [-0.2, 0) is 20.8 Å². The van der Waals surface area contributed by atoms with Gasteiger partial charge in [0.05, 0.1) is 25.7 Å². The molecule has 0 atom stereocenters. The van der Waals surface area contributed by atoms with E-state index >= 15 is 0 Å². The summed E-state index contributed by atoms with van der Waals surface area (Å²) < 4.78 is 10.3. The molecule has 2 aromatic carbocycles. The summed E-state index contributed by atoms with van der Waals surface area (Å²) in [7, 11) is 1.61. The summed E-state index contributed by atoms with van der Waals surface area (Å²) in [4.78, 5) is 31.8. The Morgan fingerprint density at radius 1 is 1.03 bits per heavy atom. The smallest absolute Gasteiger partial charge is 0.357 e. The third kappa shape index (κ3) is 5.99. The van der Waals surface area contributed by atoms with Crippen molar-refractivity contribution in [2.24, 2.45) is 0 Å². The molecule has 0 aliphatic carbocycles. The summed E-state index contributed by atoms with van der Waals surface area (Å²) >= 11 is 1.34. The van der Waals surface area contributed by atoms with E-state index in [4.69, 9.17) is 9.47 Å². The van der Waals surface area contributed by atoms with Crippen LogP contribution in [0, 0.1) is 0 Å². The Bertz CT molecular complexity index is 936. The van der Waals surface area contributed by atoms with Gasteiger partial charge in [-0.05, 0) is 18.1 Å². The lowest BCUT2D eigenvalue weighted by atomic mass is 9.90. The van der Waals surface area contributed by atoms with Crippen LogP contribution in [0.3, 0.4) is 0 Å². The van der Waals surface area contributed by atoms with Gasteiger partial charge in [0.2, 0.25) is 5.91 Å². The maximum atomic E-state index is 13.8. The second kappa shape index (κ2) is 11.4. The number of nitrogens with zero attached hydrogens (tertiary/aromatic N) is 2. The van der Waals surface area contributed by atoms with Gasteiger partial charge in [0.25, 0.3) is 0 Å². The molecule has 1 amide bonds. The summed E-state index contributed by atoms with van der Waals surface area (Å²) in [6.07, 6.45) is 0. The van der Waals surface area contributed by atoms with E-state index in [-0.39, 0.29) is 11.6 Å². The Kier molecular flexibility index (Phi) is 8.32. The van der Waals surface area contributed by atoms with Gasteiger partial charge in [-0.25, -0.2) is 9.78 Å². The van der Waals surface area contributed by atoms with Gasteiger partial charge < -0.3 is 14.4 Å². The lowest BCUT2D eigenvalue weighted by Gasteiger charge is -2.27. The van der Waals surface area contributed by atoms with E-state index in [1.165, 1.54) is 11.3 Å². The number of thiazole rings is 1. The molecule has 7 heteroatoms. The quantitative estimate of drug-likeness (QED) is 0.445. The zero-order valence-corrected chi connectivity index (χ0v) is 18.5. The van der Waals surface area contributed by atoms with Crippen LogP contribution in [0.1, 0.15) is 39.5 Å². The Morgan fingerprint density at radius 2 is 1.65 bits per heavy atom. The highest BCUT2D eigenvalue weighted by molar-refractivity contribution is 7.09. The lowest BCUT2D eigenvalue weighted by Crippen LogP contribution is -2.37. The number of amides is 1. The number of aromatic nitrogens is 1. The molecular weight excluding hydrogens is 412 g/mol. The molecule has 0 aliphatic rings. The van der Waals surface area contributed by atoms with Crippen LogP contribution in [0.2, 0.25) is 0 Å². The second-order valence-electron chi connectivity index (χ2n) is 6.85. The monoisotopic (exact) mass is 438 g/mol. The van der Waals surface area contributed by atoms with Crippen molar-refractivity contribution in [2.45, 2.75) is 19.4 Å². The molecular formula is C24H26N2O4S. The SMILES string of the molecule is CCOC(=O)c1csc(CN(CCOC)C(=O)C(c2ccccc2)c2ccccc2)n1. The Hall–Kier alpha value is -3.03. The third-order valence-electron chi connectivity index (χ3n) is 4.75. The van der Waals surface area contributed by atoms with Gasteiger partial charge in [0, 0.05) is 19.0 Å². The predicted molar refractivity (Wildman–Crippen MR) is 120 cm³/mol. The van der Waals surface area contributed by atoms with Crippen LogP contribution in [-0.4, -0.2) is 48.6 Å². The molecule has 0 unspecified atom stereocenters. The molecule has 31 heavy (non-hydrogen) atoms. The van der Waals surface area contributed by atoms with Crippen LogP contribution >= 0.6 is 11.3 Å². The van der Waals surface area contributed by atoms with E-state index in [1.54, 1.807) is 24.3 Å². The lowest BCUT2D eigenvalue weighted by molar-refractivity contribution is -0.133. The van der Waals surface area contributed by atoms with Crippen molar-refractivity contribution in [3.8, 4) is 0 Å². The Labute approximate surface area is 186 Å². The zero-order chi connectivity index (χ0) is 22.1. The first-order chi connectivity index (χ1) is 15.1. The van der Waals surface area contributed by atoms with E-state index in [0.717, 1.165) is 11.1 Å². The van der Waals surface area contributed by atoms with Gasteiger partial charge in [-0.15, -0.1) is 11.3 Å². The normalized spacial score (nSPS) is 10.8. The first-order valence-electron chi connectivity index (χ1n) is 10.1. The molecule has 1 heterocycles. The molecule has 3 aromatic rings. The van der Waals surface area contributed by atoms with E-state index in [9.17, 15) is 9.59 Å². The molecule has 3 rings (SSSR count). The average Bonchev–Trinajstić information content (AvgIpc) is 3.27. The standard InChI is InChI=1S/C24H26N2O4S/c1-3-30-24(28)20-17-31-21(25-20)16-26(14-15-29-2)23(27)22(18-10-6-4-7-11-18)19-12-8-5-9-13-19/h4-13,17,22H,3,14-16H2,1-2H3. The molecule has 1 aromatic heterocycles. The van der Waals surface area contributed by atoms with Gasteiger partial charge in [-0.1, -0.05) is 60.7 Å². The number of hydrogen-bond donors (Lipinski definition) is 0. The largest absolute Gasteiger partial charge is 0.461 e. The van der Waals surface area contributed by atoms with E-state index < -0.39 is 11.9 Å². The Balaban J connectivity index is 1.89. The summed E-state index contributed by atoms with van der Waals surface area (Å²) in [6, 6.07) is 19.5. The Morgan fingerprint density at radius 3 is 2.19 bits per heavy atom. The molecule has 0 spiro atoms. The van der Waals surface area contributed by atoms with Crippen molar-refractivity contribution in [2.75, 3.05) is 26.9 Å². The van der Waals surface area contributed by atoms with Crippen molar-refractivity contribution >= 4 is 23.2 Å². The van der Waals surface area contributed by atoms with Crippen molar-refractivity contribution < 1.29 is 19.1 Å².